The van der Waals surface area contributed by atoms with Crippen LogP contribution < -0.4 is 11.5 Å². The van der Waals surface area contributed by atoms with Crippen molar-refractivity contribution in [1.29, 1.82) is 0 Å². The average molecular weight is 984 g/mol. The zero-order chi connectivity index (χ0) is 45.0. The molecule has 0 spiro atoms. The molecule has 5 N–H and O–H groups in total. The third-order valence-corrected chi connectivity index (χ3v) is 11.9. The highest BCUT2D eigenvalue weighted by Crippen LogP contribution is 2.49. The molecule has 0 saturated carbocycles. The van der Waals surface area contributed by atoms with E-state index in [-0.39, 0.29) is 31.1 Å². The van der Waals surface area contributed by atoms with Crippen LogP contribution in [0.5, 0.6) is 0 Å². The summed E-state index contributed by atoms with van der Waals surface area (Å²) in [6.45, 7) is 16.8. The van der Waals surface area contributed by atoms with E-state index in [0.29, 0.717) is 66.9 Å². The molecular formula is C34H57BrN10O11P2SSi. The summed E-state index contributed by atoms with van der Waals surface area (Å²) in [5, 5.41) is 8.74. The van der Waals surface area contributed by atoms with Crippen molar-refractivity contribution in [2.24, 2.45) is 0 Å². The van der Waals surface area contributed by atoms with Gasteiger partial charge in [0.25, 0.3) is 10.1 Å². The van der Waals surface area contributed by atoms with Crippen LogP contribution in [-0.2, 0) is 59.4 Å². The van der Waals surface area contributed by atoms with E-state index in [0.717, 1.165) is 5.56 Å². The second-order valence-electron chi connectivity index (χ2n) is 13.0. The molecule has 21 nitrogen and oxygen atoms in total. The summed E-state index contributed by atoms with van der Waals surface area (Å²) in [6.07, 6.45) is 5.25. The Hall–Kier alpha value is -3.25. The molecule has 26 heteroatoms. The van der Waals surface area contributed by atoms with Gasteiger partial charge in [0, 0.05) is 13.1 Å². The summed E-state index contributed by atoms with van der Waals surface area (Å²) in [5.41, 5.74) is 14.6. The second-order valence-corrected chi connectivity index (χ2v) is 29.9. The number of hydrogen-bond acceptors (Lipinski definition) is 19. The van der Waals surface area contributed by atoms with Gasteiger partial charge in [0.15, 0.2) is 29.3 Å². The molecule has 0 fully saturated rings. The number of aliphatic hydroxyl groups excluding tert-OH is 1. The van der Waals surface area contributed by atoms with Gasteiger partial charge in [0.2, 0.25) is 0 Å². The lowest BCUT2D eigenvalue weighted by molar-refractivity contribution is 0.127. The third-order valence-electron chi connectivity index (χ3n) is 6.90. The van der Waals surface area contributed by atoms with Gasteiger partial charge in [-0.1, -0.05) is 37.3 Å². The van der Waals surface area contributed by atoms with E-state index in [1.807, 2.05) is 6.92 Å². The molecular weight excluding hydrogens is 926 g/mol. The number of imidazole rings is 2. The number of aryl methyl sites for hydroxylation is 1. The first-order valence-corrected chi connectivity index (χ1v) is 29.3. The van der Waals surface area contributed by atoms with Crippen molar-refractivity contribution in [3.8, 4) is 0 Å². The van der Waals surface area contributed by atoms with Gasteiger partial charge in [-0.3, -0.25) is 13.3 Å². The molecule has 4 heterocycles. The third kappa shape index (κ3) is 18.4. The van der Waals surface area contributed by atoms with Gasteiger partial charge in [-0.2, -0.15) is 8.42 Å². The molecule has 5 aromatic rings. The smallest absolute Gasteiger partial charge is 0.357 e. The van der Waals surface area contributed by atoms with Crippen molar-refractivity contribution in [3.05, 3.63) is 55.1 Å². The lowest BCUT2D eigenvalue weighted by Crippen LogP contribution is -2.10. The molecule has 4 aromatic heterocycles. The van der Waals surface area contributed by atoms with Crippen LogP contribution in [0.4, 0.5) is 11.6 Å². The van der Waals surface area contributed by atoms with Crippen molar-refractivity contribution >= 4 is 81.3 Å². The fourth-order valence-electron chi connectivity index (χ4n) is 4.49. The highest BCUT2D eigenvalue weighted by atomic mass is 79.9. The topological polar surface area (TPSA) is 283 Å². The van der Waals surface area contributed by atoms with Crippen molar-refractivity contribution in [2.75, 3.05) is 63.8 Å². The van der Waals surface area contributed by atoms with Crippen LogP contribution in [-0.4, -0.2) is 112 Å². The van der Waals surface area contributed by atoms with Crippen LogP contribution in [0.3, 0.4) is 0 Å². The second kappa shape index (κ2) is 25.6. The number of rotatable bonds is 19. The fraction of sp³-hybridized carbons (Fsp3) is 0.529. The Morgan fingerprint density at radius 1 is 0.717 bits per heavy atom. The average Bonchev–Trinajstić information content (AvgIpc) is 3.79. The van der Waals surface area contributed by atoms with Gasteiger partial charge in [-0.05, 0) is 46.8 Å². The summed E-state index contributed by atoms with van der Waals surface area (Å²) in [7, 11) is -10.7. The maximum Gasteiger partial charge on any atom is 0.357 e. The van der Waals surface area contributed by atoms with Gasteiger partial charge in [-0.15, -0.1) is 15.3 Å². The summed E-state index contributed by atoms with van der Waals surface area (Å²) in [5.74, 6) is 0.698. The molecule has 0 aliphatic carbocycles. The zero-order valence-electron chi connectivity index (χ0n) is 35.1. The van der Waals surface area contributed by atoms with Gasteiger partial charge >= 0.3 is 15.2 Å². The van der Waals surface area contributed by atoms with Crippen LogP contribution >= 0.6 is 30.5 Å². The first-order valence-electron chi connectivity index (χ1n) is 18.7. The Kier molecular flexibility index (Phi) is 22.6. The molecule has 0 radical (unpaired) electrons. The van der Waals surface area contributed by atoms with E-state index in [1.54, 1.807) is 61.6 Å². The Morgan fingerprint density at radius 3 is 1.55 bits per heavy atom. The summed E-state index contributed by atoms with van der Waals surface area (Å²) in [4.78, 5) is 24.0. The first-order chi connectivity index (χ1) is 28.2. The first kappa shape index (κ1) is 52.9. The van der Waals surface area contributed by atoms with E-state index in [9.17, 15) is 17.5 Å². The van der Waals surface area contributed by atoms with Gasteiger partial charge in [-0.25, -0.2) is 29.9 Å². The van der Waals surface area contributed by atoms with E-state index < -0.39 is 38.4 Å². The van der Waals surface area contributed by atoms with Gasteiger partial charge in [0.1, 0.15) is 36.7 Å². The highest BCUT2D eigenvalue weighted by molar-refractivity contribution is 9.26. The predicted octanol–water partition coefficient (Wildman–Crippen LogP) is 6.19. The van der Waals surface area contributed by atoms with Crippen LogP contribution in [0.15, 0.2) is 54.5 Å². The highest BCUT2D eigenvalue weighted by Gasteiger charge is 2.28. The molecule has 0 unspecified atom stereocenters. The number of nitrogens with two attached hydrogens (primary N) is 2. The summed E-state index contributed by atoms with van der Waals surface area (Å²) >= 11 is 3.51. The zero-order valence-corrected chi connectivity index (χ0v) is 40.3. The van der Waals surface area contributed by atoms with Gasteiger partial charge in [0.05, 0.1) is 57.2 Å². The minimum Gasteiger partial charge on any atom is -0.395 e. The largest absolute Gasteiger partial charge is 0.395 e. The SMILES string of the molecule is CCOP(=O)(COCCn1cnc2c(N)ncnc21)OCC.CCOP(=O)(COS(=O)(=O)c1ccc(C)cc1)OCC.C[Si](C)(C)Br.Nc1ncnc2c1ncn2CCO. The lowest BCUT2D eigenvalue weighted by Gasteiger charge is -2.16. The number of fused-ring (bicyclic) bond motifs is 2. The quantitative estimate of drug-likeness (QED) is 0.0273. The van der Waals surface area contributed by atoms with Crippen molar-refractivity contribution in [3.63, 3.8) is 0 Å². The number of hydrogen-bond donors (Lipinski definition) is 3. The number of aliphatic hydroxyl groups is 1. The molecule has 0 amide bonds. The van der Waals surface area contributed by atoms with Gasteiger partial charge < -0.3 is 48.5 Å². The number of anilines is 2. The van der Waals surface area contributed by atoms with E-state index in [1.165, 1.54) is 24.8 Å². The van der Waals surface area contributed by atoms with Crippen LogP contribution in [0.2, 0.25) is 19.6 Å². The van der Waals surface area contributed by atoms with E-state index in [2.05, 4.69) is 64.8 Å². The number of halogens is 1. The summed E-state index contributed by atoms with van der Waals surface area (Å²) in [6, 6.07) is 6.16. The number of benzene rings is 1. The minimum atomic E-state index is -3.98. The fourth-order valence-corrected chi connectivity index (χ4v) is 8.54. The lowest BCUT2D eigenvalue weighted by atomic mass is 10.2. The maximum atomic E-state index is 12.2. The summed E-state index contributed by atoms with van der Waals surface area (Å²) < 4.78 is 82.1. The number of aromatic nitrogens is 8. The maximum absolute atomic E-state index is 12.2. The van der Waals surface area contributed by atoms with E-state index in [4.69, 9.17) is 43.6 Å². The number of nitrogen functional groups attached to an aromatic ring is 2. The predicted molar refractivity (Wildman–Crippen MR) is 236 cm³/mol. The minimum absolute atomic E-state index is 0.00245. The standard InChI is InChI=1S/C12H20N5O4P.C12H19O6PS.C7H9N5O.C3H9BrSi/c1-3-20-22(18,21-4-2)9-19-6-5-17-8-16-10-11(13)14-7-15-12(10)17;1-4-16-19(13,17-5-2)10-18-20(14,15)12-8-6-11(3)7-9-12;8-6-5-7(10-3-9-6)12(1-2-13)4-11-5;1-5(2,3)4/h7-8H,3-6,9H2,1-2H3,(H2,13,14,15);6-9H,4-5,10H2,1-3H3;3-4,13H,1-2H2,(H2,8,9,10);1-3H3. The van der Waals surface area contributed by atoms with Crippen molar-refractivity contribution in [2.45, 2.75) is 72.2 Å². The molecule has 60 heavy (non-hydrogen) atoms. The molecule has 0 aliphatic heterocycles. The Balaban J connectivity index is 0.000000300. The van der Waals surface area contributed by atoms with Crippen LogP contribution in [0, 0.1) is 6.92 Å². The molecule has 336 valence electrons. The Bertz CT molecular complexity index is 2220. The van der Waals surface area contributed by atoms with Crippen LogP contribution in [0.1, 0.15) is 33.3 Å². The molecule has 0 bridgehead atoms. The van der Waals surface area contributed by atoms with Crippen LogP contribution in [0.25, 0.3) is 22.3 Å². The Labute approximate surface area is 359 Å². The monoisotopic (exact) mass is 982 g/mol. The number of ether oxygens (including phenoxy) is 1. The Morgan fingerprint density at radius 2 is 1.13 bits per heavy atom. The normalized spacial score (nSPS) is 12.0. The molecule has 0 aliphatic rings. The number of nitrogens with zero attached hydrogens (tertiary/aromatic N) is 8. The molecule has 0 atom stereocenters. The van der Waals surface area contributed by atoms with Crippen molar-refractivity contribution in [1.82, 2.24) is 39.0 Å². The molecule has 1 aromatic carbocycles. The molecule has 0 saturated heterocycles. The van der Waals surface area contributed by atoms with Crippen molar-refractivity contribution < 1.29 is 49.7 Å². The van der Waals surface area contributed by atoms with E-state index >= 15 is 0 Å². The molecule has 5 rings (SSSR count).